The molecule has 6 nitrogen and oxygen atoms in total. The number of carbonyl (C=O) groups is 2. The summed E-state index contributed by atoms with van der Waals surface area (Å²) in [4.78, 5) is 23.6. The number of amides is 1. The number of para-hydroxylation sites is 1. The highest BCUT2D eigenvalue weighted by atomic mass is 19.1. The van der Waals surface area contributed by atoms with Crippen molar-refractivity contribution in [2.45, 2.75) is 12.8 Å². The maximum absolute atomic E-state index is 13.7. The van der Waals surface area contributed by atoms with Gasteiger partial charge < -0.3 is 19.9 Å². The molecule has 0 heterocycles. The van der Waals surface area contributed by atoms with Crippen molar-refractivity contribution < 1.29 is 28.6 Å². The van der Waals surface area contributed by atoms with E-state index in [1.807, 2.05) is 0 Å². The molecule has 27 heavy (non-hydrogen) atoms. The van der Waals surface area contributed by atoms with Crippen molar-refractivity contribution in [3.63, 3.8) is 0 Å². The molecule has 2 aromatic carbocycles. The summed E-state index contributed by atoms with van der Waals surface area (Å²) in [5, 5.41) is 12.0. The van der Waals surface area contributed by atoms with Gasteiger partial charge in [0, 0.05) is 6.54 Å². The molecule has 0 saturated carbocycles. The lowest BCUT2D eigenvalue weighted by atomic mass is 9.98. The largest absolute Gasteiger partial charge is 0.496 e. The standard InChI is InChI=1S/C20H22FNO5/c1-26-17-6-4-3-5-14(17)11-15(20(24)25)12-22-19(23)10-13-7-8-18(27-2)16(21)9-13/h3-9,15H,10-12H2,1-2H3,(H,22,23)(H,24,25). The molecule has 0 aliphatic heterocycles. The van der Waals surface area contributed by atoms with E-state index in [9.17, 15) is 19.1 Å². The number of ether oxygens (including phenoxy) is 2. The van der Waals surface area contributed by atoms with Crippen molar-refractivity contribution in [2.24, 2.45) is 5.92 Å². The molecule has 1 atom stereocenters. The number of methoxy groups -OCH3 is 2. The molecule has 0 saturated heterocycles. The summed E-state index contributed by atoms with van der Waals surface area (Å²) < 4.78 is 23.8. The Kier molecular flexibility index (Phi) is 7.16. The molecule has 1 amide bonds. The summed E-state index contributed by atoms with van der Waals surface area (Å²) in [5.74, 6) is -2.06. The predicted molar refractivity (Wildman–Crippen MR) is 97.5 cm³/mol. The van der Waals surface area contributed by atoms with Gasteiger partial charge in [0.05, 0.1) is 26.6 Å². The predicted octanol–water partition coefficient (Wildman–Crippen LogP) is 2.45. The monoisotopic (exact) mass is 375 g/mol. The van der Waals surface area contributed by atoms with Gasteiger partial charge in [-0.15, -0.1) is 0 Å². The fourth-order valence-electron chi connectivity index (χ4n) is 2.69. The average Bonchev–Trinajstić information content (AvgIpc) is 2.65. The summed E-state index contributed by atoms with van der Waals surface area (Å²) in [6, 6.07) is 11.4. The van der Waals surface area contributed by atoms with Crippen molar-refractivity contribution >= 4 is 11.9 Å². The van der Waals surface area contributed by atoms with Gasteiger partial charge in [0.2, 0.25) is 5.91 Å². The van der Waals surface area contributed by atoms with Crippen LogP contribution in [0.15, 0.2) is 42.5 Å². The van der Waals surface area contributed by atoms with Crippen LogP contribution in [0.5, 0.6) is 11.5 Å². The highest BCUT2D eigenvalue weighted by molar-refractivity contribution is 5.79. The first-order chi connectivity index (χ1) is 12.9. The Labute approximate surface area is 156 Å². The second kappa shape index (κ2) is 9.56. The Hall–Kier alpha value is -3.09. The topological polar surface area (TPSA) is 84.9 Å². The first-order valence-corrected chi connectivity index (χ1v) is 8.38. The molecule has 7 heteroatoms. The van der Waals surface area contributed by atoms with Gasteiger partial charge in [-0.25, -0.2) is 4.39 Å². The molecule has 0 aliphatic carbocycles. The number of carboxylic acids is 1. The van der Waals surface area contributed by atoms with Crippen LogP contribution in [0.2, 0.25) is 0 Å². The SMILES string of the molecule is COc1ccc(CC(=O)NCC(Cc2ccccc2OC)C(=O)O)cc1F. The van der Waals surface area contributed by atoms with Crippen molar-refractivity contribution in [1.29, 1.82) is 0 Å². The van der Waals surface area contributed by atoms with Crippen LogP contribution in [0, 0.1) is 11.7 Å². The normalized spacial score (nSPS) is 11.5. The lowest BCUT2D eigenvalue weighted by Crippen LogP contribution is -2.35. The zero-order valence-electron chi connectivity index (χ0n) is 15.2. The summed E-state index contributed by atoms with van der Waals surface area (Å²) in [6.45, 7) is -0.0369. The highest BCUT2D eigenvalue weighted by Crippen LogP contribution is 2.21. The third-order valence-corrected chi connectivity index (χ3v) is 4.13. The van der Waals surface area contributed by atoms with Crippen LogP contribution >= 0.6 is 0 Å². The van der Waals surface area contributed by atoms with Gasteiger partial charge in [-0.1, -0.05) is 24.3 Å². The van der Waals surface area contributed by atoms with E-state index >= 15 is 0 Å². The van der Waals surface area contributed by atoms with Crippen molar-refractivity contribution in [3.05, 3.63) is 59.4 Å². The van der Waals surface area contributed by atoms with E-state index in [1.165, 1.54) is 26.4 Å². The van der Waals surface area contributed by atoms with Crippen molar-refractivity contribution in [1.82, 2.24) is 5.32 Å². The summed E-state index contributed by atoms with van der Waals surface area (Å²) >= 11 is 0. The molecule has 0 aromatic heterocycles. The highest BCUT2D eigenvalue weighted by Gasteiger charge is 2.21. The van der Waals surface area contributed by atoms with E-state index in [-0.39, 0.29) is 31.0 Å². The van der Waals surface area contributed by atoms with Gasteiger partial charge in [-0.2, -0.15) is 0 Å². The second-order valence-electron chi connectivity index (χ2n) is 6.00. The number of hydrogen-bond acceptors (Lipinski definition) is 4. The van der Waals surface area contributed by atoms with Crippen LogP contribution in [0.1, 0.15) is 11.1 Å². The number of benzene rings is 2. The molecule has 0 bridgehead atoms. The summed E-state index contributed by atoms with van der Waals surface area (Å²) in [7, 11) is 2.88. The van der Waals surface area contributed by atoms with Crippen LogP contribution in [0.3, 0.4) is 0 Å². The zero-order chi connectivity index (χ0) is 19.8. The minimum absolute atomic E-state index is 0.0369. The molecule has 0 radical (unpaired) electrons. The van der Waals surface area contributed by atoms with E-state index in [0.717, 1.165) is 5.56 Å². The number of carboxylic acid groups (broad SMARTS) is 1. The first-order valence-electron chi connectivity index (χ1n) is 8.38. The fraction of sp³-hybridized carbons (Fsp3) is 0.300. The molecular weight excluding hydrogens is 353 g/mol. The maximum atomic E-state index is 13.7. The summed E-state index contributed by atoms with van der Waals surface area (Å²) in [5.41, 5.74) is 1.22. The van der Waals surface area contributed by atoms with Gasteiger partial charge in [0.1, 0.15) is 5.75 Å². The Bertz CT molecular complexity index is 809. The Morgan fingerprint density at radius 2 is 1.81 bits per heavy atom. The number of nitrogens with one attached hydrogen (secondary N) is 1. The fourth-order valence-corrected chi connectivity index (χ4v) is 2.69. The molecule has 0 fully saturated rings. The minimum atomic E-state index is -1.02. The third-order valence-electron chi connectivity index (χ3n) is 4.13. The minimum Gasteiger partial charge on any atom is -0.496 e. The lowest BCUT2D eigenvalue weighted by molar-refractivity contribution is -0.141. The van der Waals surface area contributed by atoms with Crippen LogP contribution in [0.4, 0.5) is 4.39 Å². The maximum Gasteiger partial charge on any atom is 0.308 e. The number of halogens is 1. The van der Waals surface area contributed by atoms with Crippen molar-refractivity contribution in [2.75, 3.05) is 20.8 Å². The number of rotatable bonds is 9. The molecule has 0 spiro atoms. The third kappa shape index (κ3) is 5.70. The van der Waals surface area contributed by atoms with E-state index < -0.39 is 17.7 Å². The Balaban J connectivity index is 1.96. The molecular formula is C20H22FNO5. The Morgan fingerprint density at radius 1 is 1.11 bits per heavy atom. The van der Waals surface area contributed by atoms with Gasteiger partial charge in [-0.3, -0.25) is 9.59 Å². The summed E-state index contributed by atoms with van der Waals surface area (Å²) in [6.07, 6.45) is 0.165. The van der Waals surface area contributed by atoms with E-state index in [1.54, 1.807) is 30.3 Å². The van der Waals surface area contributed by atoms with Gasteiger partial charge >= 0.3 is 5.97 Å². The zero-order valence-corrected chi connectivity index (χ0v) is 15.2. The molecule has 1 unspecified atom stereocenters. The lowest BCUT2D eigenvalue weighted by Gasteiger charge is -2.15. The number of aliphatic carboxylic acids is 1. The molecule has 2 rings (SSSR count). The first kappa shape index (κ1) is 20.2. The van der Waals surface area contributed by atoms with Crippen molar-refractivity contribution in [3.8, 4) is 11.5 Å². The molecule has 0 aliphatic rings. The van der Waals surface area contributed by atoms with Gasteiger partial charge in [0.25, 0.3) is 0 Å². The van der Waals surface area contributed by atoms with Crippen LogP contribution in [0.25, 0.3) is 0 Å². The average molecular weight is 375 g/mol. The molecule has 2 aromatic rings. The number of carbonyl (C=O) groups excluding carboxylic acids is 1. The van der Waals surface area contributed by atoms with Crippen LogP contribution < -0.4 is 14.8 Å². The quantitative estimate of drug-likeness (QED) is 0.703. The van der Waals surface area contributed by atoms with Crippen LogP contribution in [-0.4, -0.2) is 37.7 Å². The van der Waals surface area contributed by atoms with Gasteiger partial charge in [-0.05, 0) is 35.7 Å². The van der Waals surface area contributed by atoms with Gasteiger partial charge in [0.15, 0.2) is 11.6 Å². The molecule has 144 valence electrons. The Morgan fingerprint density at radius 3 is 2.44 bits per heavy atom. The van der Waals surface area contributed by atoms with Crippen LogP contribution in [-0.2, 0) is 22.4 Å². The number of hydrogen-bond donors (Lipinski definition) is 2. The molecule has 2 N–H and O–H groups in total. The van der Waals surface area contributed by atoms with E-state index in [2.05, 4.69) is 5.32 Å². The second-order valence-corrected chi connectivity index (χ2v) is 6.00. The van der Waals surface area contributed by atoms with E-state index in [0.29, 0.717) is 11.3 Å². The smallest absolute Gasteiger partial charge is 0.308 e. The van der Waals surface area contributed by atoms with E-state index in [4.69, 9.17) is 9.47 Å².